The summed E-state index contributed by atoms with van der Waals surface area (Å²) in [6.07, 6.45) is 5.74. The fraction of sp³-hybridized carbons (Fsp3) is 0. The average Bonchev–Trinajstić information content (AvgIpc) is 2.53. The Morgan fingerprint density at radius 1 is 1.00 bits per heavy atom. The topological polar surface area (TPSA) is 63.1 Å². The third-order valence-electron chi connectivity index (χ3n) is 3.10. The molecule has 3 aromatic rings. The van der Waals surface area contributed by atoms with E-state index in [0.717, 1.165) is 17.0 Å². The molecule has 21 heavy (non-hydrogen) atoms. The molecular formula is C17H12N2O2. The van der Waals surface area contributed by atoms with Gasteiger partial charge in [0.05, 0.1) is 0 Å². The number of carboxylic acids is 1. The van der Waals surface area contributed by atoms with E-state index in [4.69, 9.17) is 5.11 Å². The summed E-state index contributed by atoms with van der Waals surface area (Å²) in [6.45, 7) is 0. The lowest BCUT2D eigenvalue weighted by Crippen LogP contribution is -1.90. The van der Waals surface area contributed by atoms with E-state index >= 15 is 0 Å². The molecule has 3 rings (SSSR count). The highest BCUT2D eigenvalue weighted by Crippen LogP contribution is 2.21. The van der Waals surface area contributed by atoms with Crippen molar-refractivity contribution < 1.29 is 9.90 Å². The van der Waals surface area contributed by atoms with Gasteiger partial charge in [0, 0.05) is 29.6 Å². The molecule has 0 amide bonds. The van der Waals surface area contributed by atoms with Crippen molar-refractivity contribution in [3.63, 3.8) is 0 Å². The zero-order valence-electron chi connectivity index (χ0n) is 11.1. The van der Waals surface area contributed by atoms with E-state index < -0.39 is 5.97 Å². The lowest BCUT2D eigenvalue weighted by atomic mass is 10.1. The van der Waals surface area contributed by atoms with Crippen molar-refractivity contribution in [1.29, 1.82) is 0 Å². The van der Waals surface area contributed by atoms with Gasteiger partial charge in [0.2, 0.25) is 0 Å². The van der Waals surface area contributed by atoms with Gasteiger partial charge in [-0.25, -0.2) is 14.8 Å². The number of aromatic nitrogens is 2. The number of nitrogens with zero attached hydrogens (tertiary/aromatic N) is 2. The Morgan fingerprint density at radius 2 is 1.71 bits per heavy atom. The Hall–Kier alpha value is -3.01. The summed E-state index contributed by atoms with van der Waals surface area (Å²) < 4.78 is 0. The summed E-state index contributed by atoms with van der Waals surface area (Å²) >= 11 is 0. The number of fused-ring (bicyclic) bond motifs is 1. The molecule has 0 aliphatic carbocycles. The third kappa shape index (κ3) is 2.95. The second-order valence-electron chi connectivity index (χ2n) is 4.57. The molecule has 0 spiro atoms. The number of carboxylic acid groups (broad SMARTS) is 1. The van der Waals surface area contributed by atoms with E-state index in [1.165, 1.54) is 11.5 Å². The summed E-state index contributed by atoms with van der Waals surface area (Å²) in [5.41, 5.74) is 1.59. The SMILES string of the molecule is O=C(O)/C=C/c1cnc(-c2ccc3ccccc3c2)nc1. The second-order valence-corrected chi connectivity index (χ2v) is 4.57. The van der Waals surface area contributed by atoms with Gasteiger partial charge < -0.3 is 5.11 Å². The van der Waals surface area contributed by atoms with E-state index in [0.29, 0.717) is 11.4 Å². The lowest BCUT2D eigenvalue weighted by molar-refractivity contribution is -0.131. The average molecular weight is 276 g/mol. The molecule has 1 aromatic heterocycles. The number of carbonyl (C=O) groups is 1. The minimum Gasteiger partial charge on any atom is -0.478 e. The van der Waals surface area contributed by atoms with Crippen LogP contribution in [0.25, 0.3) is 28.2 Å². The normalized spacial score (nSPS) is 11.0. The minimum atomic E-state index is -0.992. The van der Waals surface area contributed by atoms with Crippen molar-refractivity contribution in [1.82, 2.24) is 9.97 Å². The van der Waals surface area contributed by atoms with Crippen LogP contribution >= 0.6 is 0 Å². The van der Waals surface area contributed by atoms with Crippen molar-refractivity contribution in [2.24, 2.45) is 0 Å². The molecule has 0 aliphatic heterocycles. The summed E-state index contributed by atoms with van der Waals surface area (Å²) in [6, 6.07) is 14.1. The van der Waals surface area contributed by atoms with Gasteiger partial charge in [0.15, 0.2) is 5.82 Å². The molecule has 0 radical (unpaired) electrons. The van der Waals surface area contributed by atoms with Crippen molar-refractivity contribution in [3.05, 3.63) is 66.5 Å². The molecule has 0 saturated heterocycles. The molecule has 0 unspecified atom stereocenters. The molecule has 0 saturated carbocycles. The first kappa shape index (κ1) is 13.0. The smallest absolute Gasteiger partial charge is 0.328 e. The van der Waals surface area contributed by atoms with Crippen LogP contribution in [0.4, 0.5) is 0 Å². The van der Waals surface area contributed by atoms with Crippen LogP contribution in [0, 0.1) is 0 Å². The molecule has 0 bridgehead atoms. The highest BCUT2D eigenvalue weighted by Gasteiger charge is 2.02. The van der Waals surface area contributed by atoms with Gasteiger partial charge in [0.1, 0.15) is 0 Å². The van der Waals surface area contributed by atoms with Crippen LogP contribution in [-0.2, 0) is 4.79 Å². The number of benzene rings is 2. The standard InChI is InChI=1S/C17H12N2O2/c20-16(21)8-5-12-10-18-17(19-11-12)15-7-6-13-3-1-2-4-14(13)9-15/h1-11H,(H,20,21)/b8-5+. The molecule has 102 valence electrons. The van der Waals surface area contributed by atoms with Crippen LogP contribution in [0.2, 0.25) is 0 Å². The number of hydrogen-bond donors (Lipinski definition) is 1. The molecular weight excluding hydrogens is 264 g/mol. The highest BCUT2D eigenvalue weighted by atomic mass is 16.4. The molecule has 0 aliphatic rings. The van der Waals surface area contributed by atoms with Crippen molar-refractivity contribution >= 4 is 22.8 Å². The highest BCUT2D eigenvalue weighted by molar-refractivity contribution is 5.86. The van der Waals surface area contributed by atoms with Crippen LogP contribution < -0.4 is 0 Å². The van der Waals surface area contributed by atoms with E-state index in [1.807, 2.05) is 36.4 Å². The quantitative estimate of drug-likeness (QED) is 0.745. The van der Waals surface area contributed by atoms with E-state index in [2.05, 4.69) is 16.0 Å². The summed E-state index contributed by atoms with van der Waals surface area (Å²) in [4.78, 5) is 19.0. The maximum absolute atomic E-state index is 10.5. The van der Waals surface area contributed by atoms with Crippen molar-refractivity contribution in [3.8, 4) is 11.4 Å². The molecule has 0 fully saturated rings. The number of aliphatic carboxylic acids is 1. The van der Waals surface area contributed by atoms with Crippen molar-refractivity contribution in [2.45, 2.75) is 0 Å². The Labute approximate surface area is 121 Å². The molecule has 4 nitrogen and oxygen atoms in total. The van der Waals surface area contributed by atoms with Gasteiger partial charge in [-0.3, -0.25) is 0 Å². The second kappa shape index (κ2) is 5.54. The van der Waals surface area contributed by atoms with E-state index in [9.17, 15) is 4.79 Å². The Bertz CT molecular complexity index is 824. The minimum absolute atomic E-state index is 0.619. The molecule has 1 N–H and O–H groups in total. The fourth-order valence-electron chi connectivity index (χ4n) is 2.07. The van der Waals surface area contributed by atoms with Gasteiger partial charge in [-0.15, -0.1) is 0 Å². The Morgan fingerprint density at radius 3 is 2.43 bits per heavy atom. The molecule has 0 atom stereocenters. The van der Waals surface area contributed by atoms with E-state index in [1.54, 1.807) is 12.4 Å². The maximum atomic E-state index is 10.5. The maximum Gasteiger partial charge on any atom is 0.328 e. The van der Waals surface area contributed by atoms with E-state index in [-0.39, 0.29) is 0 Å². The monoisotopic (exact) mass is 276 g/mol. The third-order valence-corrected chi connectivity index (χ3v) is 3.10. The zero-order chi connectivity index (χ0) is 14.7. The summed E-state index contributed by atoms with van der Waals surface area (Å²) in [5, 5.41) is 10.9. The van der Waals surface area contributed by atoms with Crippen LogP contribution in [0.5, 0.6) is 0 Å². The number of hydrogen-bond acceptors (Lipinski definition) is 3. The Balaban J connectivity index is 1.93. The van der Waals surface area contributed by atoms with Gasteiger partial charge in [-0.05, 0) is 22.9 Å². The predicted molar refractivity (Wildman–Crippen MR) is 81.6 cm³/mol. The number of rotatable bonds is 3. The predicted octanol–water partition coefficient (Wildman–Crippen LogP) is 3.39. The van der Waals surface area contributed by atoms with Crippen molar-refractivity contribution in [2.75, 3.05) is 0 Å². The fourth-order valence-corrected chi connectivity index (χ4v) is 2.07. The largest absolute Gasteiger partial charge is 0.478 e. The van der Waals surface area contributed by atoms with Crippen LogP contribution in [-0.4, -0.2) is 21.0 Å². The summed E-state index contributed by atoms with van der Waals surface area (Å²) in [5.74, 6) is -0.373. The molecule has 2 aromatic carbocycles. The van der Waals surface area contributed by atoms with Gasteiger partial charge >= 0.3 is 5.97 Å². The molecule has 4 heteroatoms. The first-order valence-electron chi connectivity index (χ1n) is 6.44. The summed E-state index contributed by atoms with van der Waals surface area (Å²) in [7, 11) is 0. The lowest BCUT2D eigenvalue weighted by Gasteiger charge is -2.03. The Kier molecular flexibility index (Phi) is 3.43. The van der Waals surface area contributed by atoms with Gasteiger partial charge in [-0.2, -0.15) is 0 Å². The van der Waals surface area contributed by atoms with Gasteiger partial charge in [0.25, 0.3) is 0 Å². The first-order valence-corrected chi connectivity index (χ1v) is 6.44. The molecule has 1 heterocycles. The first-order chi connectivity index (χ1) is 10.2. The van der Waals surface area contributed by atoms with Gasteiger partial charge in [-0.1, -0.05) is 36.4 Å². The zero-order valence-corrected chi connectivity index (χ0v) is 11.1. The van der Waals surface area contributed by atoms with Crippen LogP contribution in [0.3, 0.4) is 0 Å². The van der Waals surface area contributed by atoms with Crippen LogP contribution in [0.1, 0.15) is 5.56 Å². The van der Waals surface area contributed by atoms with Crippen LogP contribution in [0.15, 0.2) is 60.9 Å².